The Morgan fingerprint density at radius 2 is 2.30 bits per heavy atom. The standard InChI is InChI=1S/C8H15NS/c1-4-8-7(6(2)3)5-9(8)10/h4,6-7,10H,5H2,1-3H3. The first-order valence-electron chi connectivity index (χ1n) is 3.79. The molecule has 1 heterocycles. The van der Waals surface area contributed by atoms with E-state index in [4.69, 9.17) is 0 Å². The van der Waals surface area contributed by atoms with Crippen molar-refractivity contribution in [3.05, 3.63) is 11.8 Å². The predicted octanol–water partition coefficient (Wildman–Crippen LogP) is 2.32. The largest absolute Gasteiger partial charge is 0.322 e. The predicted molar refractivity (Wildman–Crippen MR) is 47.8 cm³/mol. The number of hydrogen-bond donors (Lipinski definition) is 1. The van der Waals surface area contributed by atoms with E-state index in [1.54, 1.807) is 0 Å². The van der Waals surface area contributed by atoms with Gasteiger partial charge in [-0.15, -0.1) is 0 Å². The molecule has 1 atom stereocenters. The normalized spacial score (nSPS) is 29.5. The third-order valence-electron chi connectivity index (χ3n) is 2.15. The molecule has 0 saturated carbocycles. The van der Waals surface area contributed by atoms with Crippen molar-refractivity contribution in [2.45, 2.75) is 20.8 Å². The Hall–Kier alpha value is -0.110. The quantitative estimate of drug-likeness (QED) is 0.572. The van der Waals surface area contributed by atoms with Gasteiger partial charge in [0.25, 0.3) is 0 Å². The first-order chi connectivity index (χ1) is 4.66. The van der Waals surface area contributed by atoms with Crippen LogP contribution >= 0.6 is 12.8 Å². The van der Waals surface area contributed by atoms with Crippen molar-refractivity contribution in [1.82, 2.24) is 4.31 Å². The molecule has 0 aromatic heterocycles. The SMILES string of the molecule is CC=C1C(C(C)C)CN1S. The second-order valence-electron chi connectivity index (χ2n) is 3.15. The van der Waals surface area contributed by atoms with Crippen molar-refractivity contribution in [3.63, 3.8) is 0 Å². The molecule has 2 heteroatoms. The summed E-state index contributed by atoms with van der Waals surface area (Å²) in [6.45, 7) is 7.71. The molecule has 1 aliphatic heterocycles. The van der Waals surface area contributed by atoms with Gasteiger partial charge in [0, 0.05) is 18.2 Å². The summed E-state index contributed by atoms with van der Waals surface area (Å²) in [4.78, 5) is 0. The monoisotopic (exact) mass is 157 g/mol. The van der Waals surface area contributed by atoms with Crippen LogP contribution in [0.4, 0.5) is 0 Å². The lowest BCUT2D eigenvalue weighted by atomic mass is 9.86. The van der Waals surface area contributed by atoms with Crippen LogP contribution in [0, 0.1) is 11.8 Å². The maximum absolute atomic E-state index is 4.28. The molecule has 1 aliphatic rings. The van der Waals surface area contributed by atoms with E-state index in [1.807, 2.05) is 4.31 Å². The molecule has 58 valence electrons. The Morgan fingerprint density at radius 1 is 1.70 bits per heavy atom. The van der Waals surface area contributed by atoms with Crippen LogP contribution in [0.15, 0.2) is 11.8 Å². The van der Waals surface area contributed by atoms with E-state index in [2.05, 4.69) is 39.7 Å². The fourth-order valence-corrected chi connectivity index (χ4v) is 1.82. The molecule has 0 N–H and O–H groups in total. The van der Waals surface area contributed by atoms with Gasteiger partial charge in [-0.1, -0.05) is 32.7 Å². The van der Waals surface area contributed by atoms with Gasteiger partial charge in [0.05, 0.1) is 0 Å². The minimum atomic E-state index is 0.752. The molecule has 0 aromatic rings. The third kappa shape index (κ3) is 1.17. The van der Waals surface area contributed by atoms with Gasteiger partial charge >= 0.3 is 0 Å². The van der Waals surface area contributed by atoms with Gasteiger partial charge in [-0.3, -0.25) is 0 Å². The molecule has 0 amide bonds. The summed E-state index contributed by atoms with van der Waals surface area (Å²) in [6, 6.07) is 0. The highest BCUT2D eigenvalue weighted by atomic mass is 32.1. The minimum Gasteiger partial charge on any atom is -0.322 e. The first-order valence-corrected chi connectivity index (χ1v) is 4.19. The van der Waals surface area contributed by atoms with Crippen molar-refractivity contribution in [2.24, 2.45) is 11.8 Å². The average Bonchev–Trinajstić information content (AvgIpc) is 1.83. The molecular weight excluding hydrogens is 142 g/mol. The van der Waals surface area contributed by atoms with E-state index in [-0.39, 0.29) is 0 Å². The molecule has 0 aliphatic carbocycles. The molecule has 0 aromatic carbocycles. The van der Waals surface area contributed by atoms with Gasteiger partial charge in [0.15, 0.2) is 0 Å². The van der Waals surface area contributed by atoms with Gasteiger partial charge in [0.1, 0.15) is 0 Å². The third-order valence-corrected chi connectivity index (χ3v) is 2.54. The average molecular weight is 157 g/mol. The van der Waals surface area contributed by atoms with E-state index in [0.29, 0.717) is 0 Å². The Morgan fingerprint density at radius 3 is 2.50 bits per heavy atom. The molecule has 1 rings (SSSR count). The Bertz CT molecular complexity index is 151. The molecule has 10 heavy (non-hydrogen) atoms. The Labute approximate surface area is 68.6 Å². The van der Waals surface area contributed by atoms with E-state index in [0.717, 1.165) is 18.4 Å². The molecular formula is C8H15NS. The molecule has 0 radical (unpaired) electrons. The molecule has 0 spiro atoms. The molecule has 0 bridgehead atoms. The first kappa shape index (κ1) is 7.99. The van der Waals surface area contributed by atoms with Gasteiger partial charge < -0.3 is 4.31 Å². The summed E-state index contributed by atoms with van der Waals surface area (Å²) in [7, 11) is 0. The van der Waals surface area contributed by atoms with Crippen molar-refractivity contribution in [3.8, 4) is 0 Å². The molecule has 1 saturated heterocycles. The number of hydrogen-bond acceptors (Lipinski definition) is 2. The fourth-order valence-electron chi connectivity index (χ4n) is 1.38. The zero-order chi connectivity index (χ0) is 7.72. The van der Waals surface area contributed by atoms with Crippen LogP contribution in [0.25, 0.3) is 0 Å². The van der Waals surface area contributed by atoms with Gasteiger partial charge in [0.2, 0.25) is 0 Å². The van der Waals surface area contributed by atoms with Gasteiger partial charge in [-0.25, -0.2) is 0 Å². The van der Waals surface area contributed by atoms with Crippen molar-refractivity contribution < 1.29 is 0 Å². The molecule has 1 fully saturated rings. The Kier molecular flexibility index (Phi) is 2.29. The zero-order valence-corrected chi connectivity index (χ0v) is 7.73. The summed E-state index contributed by atoms with van der Waals surface area (Å²) >= 11 is 4.28. The van der Waals surface area contributed by atoms with E-state index in [1.165, 1.54) is 5.70 Å². The summed E-state index contributed by atoms with van der Waals surface area (Å²) in [5, 5.41) is 0. The van der Waals surface area contributed by atoms with E-state index >= 15 is 0 Å². The van der Waals surface area contributed by atoms with Crippen LogP contribution in [-0.4, -0.2) is 10.8 Å². The Balaban J connectivity index is 2.54. The van der Waals surface area contributed by atoms with E-state index in [9.17, 15) is 0 Å². The lowest BCUT2D eigenvalue weighted by Gasteiger charge is -2.42. The second-order valence-corrected chi connectivity index (χ2v) is 3.63. The highest BCUT2D eigenvalue weighted by Gasteiger charge is 2.31. The molecule has 1 unspecified atom stereocenters. The lowest BCUT2D eigenvalue weighted by Crippen LogP contribution is -2.40. The highest BCUT2D eigenvalue weighted by molar-refractivity contribution is 7.77. The van der Waals surface area contributed by atoms with Crippen LogP contribution in [0.1, 0.15) is 20.8 Å². The zero-order valence-electron chi connectivity index (χ0n) is 6.83. The summed E-state index contributed by atoms with van der Waals surface area (Å²) in [6.07, 6.45) is 2.15. The van der Waals surface area contributed by atoms with Crippen molar-refractivity contribution >= 4 is 12.8 Å². The highest BCUT2D eigenvalue weighted by Crippen LogP contribution is 2.35. The summed E-state index contributed by atoms with van der Waals surface area (Å²) in [5.41, 5.74) is 1.39. The lowest BCUT2D eigenvalue weighted by molar-refractivity contribution is 0.243. The number of nitrogens with zero attached hydrogens (tertiary/aromatic N) is 1. The van der Waals surface area contributed by atoms with Crippen LogP contribution in [0.3, 0.4) is 0 Å². The summed E-state index contributed by atoms with van der Waals surface area (Å²) < 4.78 is 2.02. The second kappa shape index (κ2) is 2.87. The summed E-state index contributed by atoms with van der Waals surface area (Å²) in [5.74, 6) is 1.51. The molecule has 1 nitrogen and oxygen atoms in total. The maximum Gasteiger partial charge on any atom is 0.0375 e. The maximum atomic E-state index is 4.28. The van der Waals surface area contributed by atoms with Gasteiger partial charge in [-0.05, 0) is 12.8 Å². The topological polar surface area (TPSA) is 3.24 Å². The van der Waals surface area contributed by atoms with Crippen LogP contribution < -0.4 is 0 Å². The van der Waals surface area contributed by atoms with Crippen molar-refractivity contribution in [2.75, 3.05) is 6.54 Å². The minimum absolute atomic E-state index is 0.752. The van der Waals surface area contributed by atoms with Gasteiger partial charge in [-0.2, -0.15) is 0 Å². The van der Waals surface area contributed by atoms with E-state index < -0.39 is 0 Å². The number of rotatable bonds is 1. The fraction of sp³-hybridized carbons (Fsp3) is 0.750. The smallest absolute Gasteiger partial charge is 0.0375 e. The van der Waals surface area contributed by atoms with Crippen LogP contribution in [0.2, 0.25) is 0 Å². The van der Waals surface area contributed by atoms with Crippen LogP contribution in [-0.2, 0) is 0 Å². The van der Waals surface area contributed by atoms with Crippen molar-refractivity contribution in [1.29, 1.82) is 0 Å². The number of thiol groups is 1. The number of allylic oxidation sites excluding steroid dienone is 1. The van der Waals surface area contributed by atoms with Crippen LogP contribution in [0.5, 0.6) is 0 Å².